The standard InChI is InChI=1S/C15H14N2O2/c1-10-3-5-11(6-4-10)17-14-9-12(19-2)7-8-13(14)16-15(17)18/h3-9H,1-2H3,(H,16,18). The Hall–Kier alpha value is -2.49. The molecule has 0 atom stereocenters. The summed E-state index contributed by atoms with van der Waals surface area (Å²) < 4.78 is 6.86. The van der Waals surface area contributed by atoms with Crippen molar-refractivity contribution in [2.75, 3.05) is 7.11 Å². The number of imidazole rings is 1. The number of ether oxygens (including phenoxy) is 1. The molecule has 0 saturated heterocycles. The molecule has 4 heteroatoms. The lowest BCUT2D eigenvalue weighted by Gasteiger charge is -2.05. The van der Waals surface area contributed by atoms with Crippen LogP contribution in [0.2, 0.25) is 0 Å². The van der Waals surface area contributed by atoms with Gasteiger partial charge in [0.2, 0.25) is 0 Å². The van der Waals surface area contributed by atoms with Crippen molar-refractivity contribution in [3.05, 3.63) is 58.5 Å². The zero-order chi connectivity index (χ0) is 13.4. The predicted octanol–water partition coefficient (Wildman–Crippen LogP) is 2.64. The van der Waals surface area contributed by atoms with Crippen molar-refractivity contribution in [3.63, 3.8) is 0 Å². The molecule has 3 aromatic rings. The third-order valence-corrected chi connectivity index (χ3v) is 3.18. The first-order valence-electron chi connectivity index (χ1n) is 6.05. The third-order valence-electron chi connectivity index (χ3n) is 3.18. The molecule has 0 fully saturated rings. The van der Waals surface area contributed by atoms with Gasteiger partial charge in [0.25, 0.3) is 0 Å². The quantitative estimate of drug-likeness (QED) is 0.764. The highest BCUT2D eigenvalue weighted by Gasteiger charge is 2.09. The van der Waals surface area contributed by atoms with E-state index in [4.69, 9.17) is 4.74 Å². The Labute approximate surface area is 110 Å². The average Bonchev–Trinajstić information content (AvgIpc) is 2.75. The van der Waals surface area contributed by atoms with E-state index in [2.05, 4.69) is 4.98 Å². The maximum absolute atomic E-state index is 12.1. The van der Waals surface area contributed by atoms with Crippen molar-refractivity contribution < 1.29 is 4.74 Å². The molecule has 0 aliphatic carbocycles. The summed E-state index contributed by atoms with van der Waals surface area (Å²) in [6.45, 7) is 2.02. The second-order valence-corrected chi connectivity index (χ2v) is 4.48. The van der Waals surface area contributed by atoms with Gasteiger partial charge < -0.3 is 9.72 Å². The van der Waals surface area contributed by atoms with Crippen LogP contribution >= 0.6 is 0 Å². The second-order valence-electron chi connectivity index (χ2n) is 4.48. The fourth-order valence-electron chi connectivity index (χ4n) is 2.16. The Bertz CT molecular complexity index is 782. The van der Waals surface area contributed by atoms with E-state index in [0.717, 1.165) is 28.0 Å². The molecule has 4 nitrogen and oxygen atoms in total. The Morgan fingerprint density at radius 3 is 2.53 bits per heavy atom. The molecular formula is C15H14N2O2. The van der Waals surface area contributed by atoms with Crippen molar-refractivity contribution in [3.8, 4) is 11.4 Å². The number of hydrogen-bond donors (Lipinski definition) is 1. The number of rotatable bonds is 2. The van der Waals surface area contributed by atoms with Crippen LogP contribution in [0.3, 0.4) is 0 Å². The van der Waals surface area contributed by atoms with Crippen LogP contribution in [0.5, 0.6) is 5.75 Å². The van der Waals surface area contributed by atoms with E-state index in [1.165, 1.54) is 0 Å². The van der Waals surface area contributed by atoms with Gasteiger partial charge in [-0.3, -0.25) is 4.57 Å². The zero-order valence-corrected chi connectivity index (χ0v) is 10.8. The third kappa shape index (κ3) is 1.91. The molecule has 2 aromatic carbocycles. The Morgan fingerprint density at radius 2 is 1.84 bits per heavy atom. The molecule has 1 N–H and O–H groups in total. The number of H-pyrrole nitrogens is 1. The van der Waals surface area contributed by atoms with Gasteiger partial charge in [-0.2, -0.15) is 0 Å². The number of aryl methyl sites for hydroxylation is 1. The lowest BCUT2D eigenvalue weighted by Crippen LogP contribution is -2.14. The van der Waals surface area contributed by atoms with Gasteiger partial charge in [-0.1, -0.05) is 17.7 Å². The van der Waals surface area contributed by atoms with E-state index >= 15 is 0 Å². The lowest BCUT2D eigenvalue weighted by molar-refractivity contribution is 0.415. The summed E-state index contributed by atoms with van der Waals surface area (Å²) in [5.41, 5.74) is 3.47. The summed E-state index contributed by atoms with van der Waals surface area (Å²) in [7, 11) is 1.61. The molecular weight excluding hydrogens is 240 g/mol. The highest BCUT2D eigenvalue weighted by molar-refractivity contribution is 5.79. The van der Waals surface area contributed by atoms with Crippen LogP contribution in [0.15, 0.2) is 47.3 Å². The van der Waals surface area contributed by atoms with Gasteiger partial charge in [0, 0.05) is 6.07 Å². The predicted molar refractivity (Wildman–Crippen MR) is 75.2 cm³/mol. The normalized spacial score (nSPS) is 10.8. The Kier molecular flexibility index (Phi) is 2.63. The molecule has 0 spiro atoms. The maximum Gasteiger partial charge on any atom is 0.331 e. The molecule has 0 aliphatic heterocycles. The van der Waals surface area contributed by atoms with Crippen molar-refractivity contribution in [1.82, 2.24) is 9.55 Å². The van der Waals surface area contributed by atoms with Crippen LogP contribution in [0.4, 0.5) is 0 Å². The summed E-state index contributed by atoms with van der Waals surface area (Å²) in [4.78, 5) is 14.9. The van der Waals surface area contributed by atoms with Crippen molar-refractivity contribution in [1.29, 1.82) is 0 Å². The molecule has 19 heavy (non-hydrogen) atoms. The Balaban J connectivity index is 2.30. The van der Waals surface area contributed by atoms with E-state index in [9.17, 15) is 4.79 Å². The van der Waals surface area contributed by atoms with Gasteiger partial charge in [-0.25, -0.2) is 4.79 Å². The second kappa shape index (κ2) is 4.31. The first kappa shape index (κ1) is 11.6. The largest absolute Gasteiger partial charge is 0.497 e. The van der Waals surface area contributed by atoms with E-state index in [1.54, 1.807) is 11.7 Å². The molecule has 0 bridgehead atoms. The van der Waals surface area contributed by atoms with Crippen molar-refractivity contribution in [2.45, 2.75) is 6.92 Å². The fraction of sp³-hybridized carbons (Fsp3) is 0.133. The minimum Gasteiger partial charge on any atom is -0.497 e. The summed E-state index contributed by atoms with van der Waals surface area (Å²) in [6, 6.07) is 13.4. The number of aromatic nitrogens is 2. The SMILES string of the molecule is COc1ccc2[nH]c(=O)n(-c3ccc(C)cc3)c2c1. The smallest absolute Gasteiger partial charge is 0.331 e. The van der Waals surface area contributed by atoms with Crippen LogP contribution in [-0.4, -0.2) is 16.7 Å². The summed E-state index contributed by atoms with van der Waals surface area (Å²) in [5.74, 6) is 0.729. The van der Waals surface area contributed by atoms with Crippen LogP contribution in [0.25, 0.3) is 16.7 Å². The lowest BCUT2D eigenvalue weighted by atomic mass is 10.2. The number of nitrogens with one attached hydrogen (secondary N) is 1. The van der Waals surface area contributed by atoms with E-state index in [-0.39, 0.29) is 5.69 Å². The van der Waals surface area contributed by atoms with Crippen LogP contribution in [-0.2, 0) is 0 Å². The van der Waals surface area contributed by atoms with Gasteiger partial charge in [-0.15, -0.1) is 0 Å². The van der Waals surface area contributed by atoms with Crippen LogP contribution < -0.4 is 10.4 Å². The van der Waals surface area contributed by atoms with Gasteiger partial charge in [-0.05, 0) is 31.2 Å². The topological polar surface area (TPSA) is 47.0 Å². The van der Waals surface area contributed by atoms with E-state index in [1.807, 2.05) is 49.4 Å². The molecule has 96 valence electrons. The van der Waals surface area contributed by atoms with Crippen LogP contribution in [0, 0.1) is 6.92 Å². The molecule has 1 aromatic heterocycles. The summed E-state index contributed by atoms with van der Waals surface area (Å²) in [6.07, 6.45) is 0. The molecule has 0 radical (unpaired) electrons. The number of benzene rings is 2. The van der Waals surface area contributed by atoms with E-state index in [0.29, 0.717) is 0 Å². The fourth-order valence-corrected chi connectivity index (χ4v) is 2.16. The number of hydrogen-bond acceptors (Lipinski definition) is 2. The molecule has 3 rings (SSSR count). The minimum absolute atomic E-state index is 0.146. The van der Waals surface area contributed by atoms with E-state index < -0.39 is 0 Å². The summed E-state index contributed by atoms with van der Waals surface area (Å²) >= 11 is 0. The number of aromatic amines is 1. The Morgan fingerprint density at radius 1 is 1.11 bits per heavy atom. The van der Waals surface area contributed by atoms with Gasteiger partial charge in [0.15, 0.2) is 0 Å². The number of fused-ring (bicyclic) bond motifs is 1. The number of methoxy groups -OCH3 is 1. The minimum atomic E-state index is -0.146. The molecule has 1 heterocycles. The van der Waals surface area contributed by atoms with Crippen LogP contribution in [0.1, 0.15) is 5.56 Å². The highest BCUT2D eigenvalue weighted by Crippen LogP contribution is 2.21. The molecule has 0 aliphatic rings. The monoisotopic (exact) mass is 254 g/mol. The summed E-state index contributed by atoms with van der Waals surface area (Å²) in [5, 5.41) is 0. The van der Waals surface area contributed by atoms with Crippen molar-refractivity contribution in [2.24, 2.45) is 0 Å². The average molecular weight is 254 g/mol. The highest BCUT2D eigenvalue weighted by atomic mass is 16.5. The molecule has 0 saturated carbocycles. The number of nitrogens with zero attached hydrogens (tertiary/aromatic N) is 1. The van der Waals surface area contributed by atoms with Gasteiger partial charge in [0.05, 0.1) is 23.8 Å². The zero-order valence-electron chi connectivity index (χ0n) is 10.8. The first-order valence-corrected chi connectivity index (χ1v) is 6.05. The van der Waals surface area contributed by atoms with Gasteiger partial charge >= 0.3 is 5.69 Å². The first-order chi connectivity index (χ1) is 9.19. The van der Waals surface area contributed by atoms with Gasteiger partial charge in [0.1, 0.15) is 5.75 Å². The maximum atomic E-state index is 12.1. The molecule has 0 unspecified atom stereocenters. The molecule has 0 amide bonds. The van der Waals surface area contributed by atoms with Crippen molar-refractivity contribution >= 4 is 11.0 Å².